The molecule has 2 fully saturated rings. The van der Waals surface area contributed by atoms with Crippen LogP contribution >= 0.6 is 0 Å². The maximum absolute atomic E-state index is 3.57. The molecule has 1 heterocycles. The molecule has 16 heavy (non-hydrogen) atoms. The molecule has 2 unspecified atom stereocenters. The first-order valence-electron chi connectivity index (χ1n) is 7.25. The van der Waals surface area contributed by atoms with E-state index in [0.29, 0.717) is 0 Å². The Morgan fingerprint density at radius 2 is 1.75 bits per heavy atom. The van der Waals surface area contributed by atoms with Gasteiger partial charge in [0.1, 0.15) is 0 Å². The second-order valence-electron chi connectivity index (χ2n) is 5.70. The van der Waals surface area contributed by atoms with Gasteiger partial charge in [0.25, 0.3) is 0 Å². The Morgan fingerprint density at radius 1 is 1.06 bits per heavy atom. The smallest absolute Gasteiger partial charge is 0.0260 e. The Morgan fingerprint density at radius 3 is 2.38 bits per heavy atom. The summed E-state index contributed by atoms with van der Waals surface area (Å²) in [6.45, 7) is 4.79. The van der Waals surface area contributed by atoms with Crippen LogP contribution < -0.4 is 5.32 Å². The van der Waals surface area contributed by atoms with E-state index in [0.717, 1.165) is 18.0 Å². The third-order valence-corrected chi connectivity index (χ3v) is 4.75. The monoisotopic (exact) mass is 224 g/mol. The fraction of sp³-hybridized carbons (Fsp3) is 1.00. The first-order chi connectivity index (χ1) is 7.83. The minimum atomic E-state index is 0.799. The molecule has 0 aromatic carbocycles. The molecule has 1 N–H and O–H groups in total. The van der Waals surface area contributed by atoms with E-state index in [4.69, 9.17) is 0 Å². The topological polar surface area (TPSA) is 15.3 Å². The average Bonchev–Trinajstić information content (AvgIpc) is 2.61. The van der Waals surface area contributed by atoms with Crippen LogP contribution in [-0.4, -0.2) is 37.1 Å². The van der Waals surface area contributed by atoms with Gasteiger partial charge in [-0.05, 0) is 32.4 Å². The lowest BCUT2D eigenvalue weighted by Gasteiger charge is -2.35. The zero-order valence-corrected chi connectivity index (χ0v) is 11.0. The van der Waals surface area contributed by atoms with Gasteiger partial charge < -0.3 is 5.32 Å². The van der Waals surface area contributed by atoms with Gasteiger partial charge in [-0.25, -0.2) is 0 Å². The number of likely N-dealkylation sites (N-methyl/N-ethyl adjacent to an activating group) is 1. The summed E-state index contributed by atoms with van der Waals surface area (Å²) in [4.78, 5) is 2.71. The van der Waals surface area contributed by atoms with E-state index in [9.17, 15) is 0 Å². The van der Waals surface area contributed by atoms with Crippen molar-refractivity contribution >= 4 is 0 Å². The minimum absolute atomic E-state index is 0.799. The average molecular weight is 224 g/mol. The third-order valence-electron chi connectivity index (χ3n) is 4.75. The van der Waals surface area contributed by atoms with Crippen LogP contribution in [0.1, 0.15) is 51.9 Å². The lowest BCUT2D eigenvalue weighted by atomic mass is 9.96. The van der Waals surface area contributed by atoms with Gasteiger partial charge in [0.05, 0.1) is 0 Å². The molecular weight excluding hydrogens is 196 g/mol. The zero-order chi connectivity index (χ0) is 11.4. The summed E-state index contributed by atoms with van der Waals surface area (Å²) in [5, 5.41) is 3.57. The van der Waals surface area contributed by atoms with Crippen molar-refractivity contribution in [2.75, 3.05) is 20.1 Å². The van der Waals surface area contributed by atoms with Crippen molar-refractivity contribution in [3.63, 3.8) is 0 Å². The van der Waals surface area contributed by atoms with Gasteiger partial charge in [0.2, 0.25) is 0 Å². The molecule has 0 radical (unpaired) electrons. The van der Waals surface area contributed by atoms with E-state index < -0.39 is 0 Å². The van der Waals surface area contributed by atoms with Crippen molar-refractivity contribution in [2.45, 2.75) is 64.0 Å². The molecule has 0 aromatic heterocycles. The van der Waals surface area contributed by atoms with Gasteiger partial charge in [-0.1, -0.05) is 39.0 Å². The first kappa shape index (κ1) is 12.4. The largest absolute Gasteiger partial charge is 0.315 e. The summed E-state index contributed by atoms with van der Waals surface area (Å²) < 4.78 is 0. The second kappa shape index (κ2) is 6.02. The molecule has 2 heteroatoms. The number of hydrogen-bond acceptors (Lipinski definition) is 2. The Kier molecular flexibility index (Phi) is 4.66. The highest BCUT2D eigenvalue weighted by Crippen LogP contribution is 2.26. The van der Waals surface area contributed by atoms with Gasteiger partial charge in [0.15, 0.2) is 0 Å². The summed E-state index contributed by atoms with van der Waals surface area (Å²) in [7, 11) is 2.37. The molecular formula is C14H28N2. The van der Waals surface area contributed by atoms with Crippen molar-refractivity contribution in [1.29, 1.82) is 0 Å². The molecule has 0 bridgehead atoms. The van der Waals surface area contributed by atoms with E-state index in [2.05, 4.69) is 24.2 Å². The zero-order valence-electron chi connectivity index (χ0n) is 11.0. The van der Waals surface area contributed by atoms with E-state index >= 15 is 0 Å². The molecule has 1 aliphatic heterocycles. The van der Waals surface area contributed by atoms with Crippen molar-refractivity contribution in [2.24, 2.45) is 5.92 Å². The fourth-order valence-corrected chi connectivity index (χ4v) is 3.55. The maximum Gasteiger partial charge on any atom is 0.0260 e. The van der Waals surface area contributed by atoms with Crippen molar-refractivity contribution in [3.05, 3.63) is 0 Å². The van der Waals surface area contributed by atoms with Crippen molar-refractivity contribution in [3.8, 4) is 0 Å². The molecule has 0 spiro atoms. The number of nitrogens with zero attached hydrogens (tertiary/aromatic N) is 1. The van der Waals surface area contributed by atoms with E-state index in [1.807, 2.05) is 0 Å². The summed E-state index contributed by atoms with van der Waals surface area (Å²) in [5.74, 6) is 0.883. The molecule has 0 amide bonds. The van der Waals surface area contributed by atoms with Crippen LogP contribution in [0.25, 0.3) is 0 Å². The molecule has 1 saturated heterocycles. The predicted octanol–water partition coefficient (Wildman–Crippen LogP) is 2.64. The quantitative estimate of drug-likeness (QED) is 0.741. The normalized spacial score (nSPS) is 33.2. The molecule has 2 nitrogen and oxygen atoms in total. The summed E-state index contributed by atoms with van der Waals surface area (Å²) in [6.07, 6.45) is 10.0. The Bertz CT molecular complexity index is 197. The van der Waals surface area contributed by atoms with Gasteiger partial charge in [-0.2, -0.15) is 0 Å². The summed E-state index contributed by atoms with van der Waals surface area (Å²) >= 11 is 0. The highest BCUT2D eigenvalue weighted by atomic mass is 15.2. The fourth-order valence-electron chi connectivity index (χ4n) is 3.55. The maximum atomic E-state index is 3.57. The molecule has 94 valence electrons. The second-order valence-corrected chi connectivity index (χ2v) is 5.70. The van der Waals surface area contributed by atoms with Crippen LogP contribution in [-0.2, 0) is 0 Å². The lowest BCUT2D eigenvalue weighted by molar-refractivity contribution is 0.136. The van der Waals surface area contributed by atoms with Gasteiger partial charge in [-0.3, -0.25) is 4.90 Å². The molecule has 1 aliphatic carbocycles. The molecule has 2 aliphatic rings. The predicted molar refractivity (Wildman–Crippen MR) is 69.7 cm³/mol. The standard InChI is InChI=1S/C14H28N2/c1-3-12-10-15-11-14(12)16(2)13-8-6-4-5-7-9-13/h12-15H,3-11H2,1-2H3. The highest BCUT2D eigenvalue weighted by Gasteiger charge is 2.32. The van der Waals surface area contributed by atoms with Gasteiger partial charge in [-0.15, -0.1) is 0 Å². The third kappa shape index (κ3) is 2.78. The van der Waals surface area contributed by atoms with Crippen LogP contribution in [0.3, 0.4) is 0 Å². The molecule has 0 aromatic rings. The minimum Gasteiger partial charge on any atom is -0.315 e. The number of hydrogen-bond donors (Lipinski definition) is 1. The number of rotatable bonds is 3. The van der Waals surface area contributed by atoms with Crippen LogP contribution in [0, 0.1) is 5.92 Å². The molecule has 2 rings (SSSR count). The Balaban J connectivity index is 1.91. The Hall–Kier alpha value is -0.0800. The van der Waals surface area contributed by atoms with E-state index in [1.54, 1.807) is 0 Å². The van der Waals surface area contributed by atoms with Crippen molar-refractivity contribution < 1.29 is 0 Å². The van der Waals surface area contributed by atoms with E-state index in [-0.39, 0.29) is 0 Å². The van der Waals surface area contributed by atoms with Gasteiger partial charge >= 0.3 is 0 Å². The van der Waals surface area contributed by atoms with Crippen LogP contribution in [0.2, 0.25) is 0 Å². The SMILES string of the molecule is CCC1CNCC1N(C)C1CCCCCC1. The molecule has 1 saturated carbocycles. The highest BCUT2D eigenvalue weighted by molar-refractivity contribution is 4.89. The van der Waals surface area contributed by atoms with Gasteiger partial charge in [0, 0.05) is 18.6 Å². The Labute approximate surface area is 101 Å². The molecule has 2 atom stereocenters. The van der Waals surface area contributed by atoms with Crippen LogP contribution in [0.5, 0.6) is 0 Å². The number of nitrogens with one attached hydrogen (secondary N) is 1. The van der Waals surface area contributed by atoms with Crippen molar-refractivity contribution in [1.82, 2.24) is 10.2 Å². The lowest BCUT2D eigenvalue weighted by Crippen LogP contribution is -2.44. The van der Waals surface area contributed by atoms with Crippen LogP contribution in [0.4, 0.5) is 0 Å². The summed E-state index contributed by atoms with van der Waals surface area (Å²) in [6, 6.07) is 1.66. The van der Waals surface area contributed by atoms with E-state index in [1.165, 1.54) is 58.0 Å². The first-order valence-corrected chi connectivity index (χ1v) is 7.25. The van der Waals surface area contributed by atoms with Crippen LogP contribution in [0.15, 0.2) is 0 Å². The summed E-state index contributed by atoms with van der Waals surface area (Å²) in [5.41, 5.74) is 0.